The second-order valence-corrected chi connectivity index (χ2v) is 6.82. The summed E-state index contributed by atoms with van der Waals surface area (Å²) in [5.74, 6) is 2.60. The molecule has 4 heterocycles. The van der Waals surface area contributed by atoms with E-state index in [0.29, 0.717) is 12.0 Å². The van der Waals surface area contributed by atoms with E-state index in [4.69, 9.17) is 0 Å². The van der Waals surface area contributed by atoms with E-state index in [2.05, 4.69) is 41.3 Å². The highest BCUT2D eigenvalue weighted by atomic mass is 15.3. The SMILES string of the molecule is Cc1cc2n(n1)C[C@@H](CNC1CCN(c3ncccn3)CC1)CN2. The minimum absolute atomic E-state index is 0.589. The van der Waals surface area contributed by atoms with E-state index in [1.54, 1.807) is 0 Å². The number of hydrogen-bond donors (Lipinski definition) is 2. The van der Waals surface area contributed by atoms with Crippen LogP contribution in [0.25, 0.3) is 0 Å². The van der Waals surface area contributed by atoms with Gasteiger partial charge >= 0.3 is 0 Å². The summed E-state index contributed by atoms with van der Waals surface area (Å²) in [5, 5.41) is 11.8. The molecule has 128 valence electrons. The first kappa shape index (κ1) is 15.4. The summed E-state index contributed by atoms with van der Waals surface area (Å²) >= 11 is 0. The molecule has 24 heavy (non-hydrogen) atoms. The summed E-state index contributed by atoms with van der Waals surface area (Å²) in [6, 6.07) is 4.57. The van der Waals surface area contributed by atoms with Crippen LogP contribution in [-0.2, 0) is 6.54 Å². The van der Waals surface area contributed by atoms with Gasteiger partial charge in [0.05, 0.1) is 5.69 Å². The van der Waals surface area contributed by atoms with Gasteiger partial charge in [-0.3, -0.25) is 0 Å². The molecule has 7 nitrogen and oxygen atoms in total. The summed E-state index contributed by atoms with van der Waals surface area (Å²) in [4.78, 5) is 11.0. The molecule has 1 atom stereocenters. The number of nitrogens with zero attached hydrogens (tertiary/aromatic N) is 5. The Morgan fingerprint density at radius 3 is 2.83 bits per heavy atom. The van der Waals surface area contributed by atoms with Crippen molar-refractivity contribution < 1.29 is 0 Å². The smallest absolute Gasteiger partial charge is 0.225 e. The second-order valence-electron chi connectivity index (χ2n) is 6.82. The van der Waals surface area contributed by atoms with Crippen LogP contribution in [0.3, 0.4) is 0 Å². The van der Waals surface area contributed by atoms with Gasteiger partial charge in [-0.25, -0.2) is 14.6 Å². The van der Waals surface area contributed by atoms with Crippen LogP contribution < -0.4 is 15.5 Å². The van der Waals surface area contributed by atoms with Crippen LogP contribution in [0.5, 0.6) is 0 Å². The van der Waals surface area contributed by atoms with Gasteiger partial charge in [0, 0.05) is 63.1 Å². The molecule has 0 unspecified atom stereocenters. The van der Waals surface area contributed by atoms with Gasteiger partial charge in [-0.2, -0.15) is 5.10 Å². The molecule has 2 aliphatic rings. The Kier molecular flexibility index (Phi) is 4.34. The molecule has 0 amide bonds. The minimum atomic E-state index is 0.589. The Morgan fingerprint density at radius 1 is 1.25 bits per heavy atom. The molecule has 0 radical (unpaired) electrons. The fourth-order valence-corrected chi connectivity index (χ4v) is 3.59. The topological polar surface area (TPSA) is 70.9 Å². The number of nitrogens with one attached hydrogen (secondary N) is 2. The molecule has 2 aromatic heterocycles. The minimum Gasteiger partial charge on any atom is -0.370 e. The van der Waals surface area contributed by atoms with E-state index in [1.165, 1.54) is 0 Å². The zero-order chi connectivity index (χ0) is 16.4. The van der Waals surface area contributed by atoms with Crippen molar-refractivity contribution in [2.45, 2.75) is 32.4 Å². The molecule has 4 rings (SSSR count). The fraction of sp³-hybridized carbons (Fsp3) is 0.588. The molecule has 0 spiro atoms. The van der Waals surface area contributed by atoms with Crippen molar-refractivity contribution in [3.8, 4) is 0 Å². The van der Waals surface area contributed by atoms with Gasteiger partial charge in [-0.15, -0.1) is 0 Å². The van der Waals surface area contributed by atoms with Crippen molar-refractivity contribution in [1.29, 1.82) is 0 Å². The Hall–Kier alpha value is -2.15. The van der Waals surface area contributed by atoms with Gasteiger partial charge in [0.1, 0.15) is 5.82 Å². The number of aromatic nitrogens is 4. The van der Waals surface area contributed by atoms with Gasteiger partial charge < -0.3 is 15.5 Å². The van der Waals surface area contributed by atoms with E-state index in [0.717, 1.165) is 63.0 Å². The van der Waals surface area contributed by atoms with Crippen LogP contribution in [-0.4, -0.2) is 52.0 Å². The van der Waals surface area contributed by atoms with Gasteiger partial charge in [0.15, 0.2) is 0 Å². The van der Waals surface area contributed by atoms with Gasteiger partial charge in [-0.05, 0) is 25.8 Å². The Balaban J connectivity index is 1.24. The van der Waals surface area contributed by atoms with Crippen LogP contribution in [0.2, 0.25) is 0 Å². The van der Waals surface area contributed by atoms with Gasteiger partial charge in [-0.1, -0.05) is 0 Å². The molecule has 7 heteroatoms. The third-order valence-electron chi connectivity index (χ3n) is 4.93. The molecule has 1 saturated heterocycles. The van der Waals surface area contributed by atoms with Crippen molar-refractivity contribution in [1.82, 2.24) is 25.1 Å². The lowest BCUT2D eigenvalue weighted by Crippen LogP contribution is -2.46. The van der Waals surface area contributed by atoms with E-state index in [1.807, 2.05) is 25.4 Å². The molecule has 2 aliphatic heterocycles. The average Bonchev–Trinajstić information content (AvgIpc) is 3.00. The fourth-order valence-electron chi connectivity index (χ4n) is 3.59. The summed E-state index contributed by atoms with van der Waals surface area (Å²) in [5.41, 5.74) is 1.08. The highest BCUT2D eigenvalue weighted by Gasteiger charge is 2.23. The number of anilines is 2. The van der Waals surface area contributed by atoms with Crippen LogP contribution in [0.15, 0.2) is 24.5 Å². The summed E-state index contributed by atoms with van der Waals surface area (Å²) in [7, 11) is 0. The largest absolute Gasteiger partial charge is 0.370 e. The highest BCUT2D eigenvalue weighted by Crippen LogP contribution is 2.19. The Bertz CT molecular complexity index is 661. The predicted molar refractivity (Wildman–Crippen MR) is 94.2 cm³/mol. The standard InChI is InChI=1S/C17H25N7/c1-13-9-16-21-11-14(12-24(16)22-13)10-20-15-3-7-23(8-4-15)17-18-5-2-6-19-17/h2,5-6,9,14-15,20-21H,3-4,7-8,10-12H2,1H3/t14-/m0/s1. The number of piperidine rings is 1. The molecule has 0 saturated carbocycles. The van der Waals surface area contributed by atoms with E-state index in [-0.39, 0.29) is 0 Å². The van der Waals surface area contributed by atoms with Crippen molar-refractivity contribution in [3.05, 3.63) is 30.2 Å². The normalized spacial score (nSPS) is 21.4. The third kappa shape index (κ3) is 3.36. The molecule has 1 fully saturated rings. The zero-order valence-corrected chi connectivity index (χ0v) is 14.1. The quantitative estimate of drug-likeness (QED) is 0.882. The number of rotatable bonds is 4. The first-order valence-electron chi connectivity index (χ1n) is 8.81. The van der Waals surface area contributed by atoms with Gasteiger partial charge in [0.25, 0.3) is 0 Å². The average molecular weight is 327 g/mol. The van der Waals surface area contributed by atoms with Crippen LogP contribution in [0, 0.1) is 12.8 Å². The second kappa shape index (κ2) is 6.76. The maximum atomic E-state index is 4.55. The molecule has 2 N–H and O–H groups in total. The summed E-state index contributed by atoms with van der Waals surface area (Å²) < 4.78 is 2.10. The number of fused-ring (bicyclic) bond motifs is 1. The van der Waals surface area contributed by atoms with Crippen LogP contribution in [0.4, 0.5) is 11.8 Å². The predicted octanol–water partition coefficient (Wildman–Crippen LogP) is 1.28. The lowest BCUT2D eigenvalue weighted by atomic mass is 10.0. The Labute approximate surface area is 142 Å². The van der Waals surface area contributed by atoms with Crippen LogP contribution in [0.1, 0.15) is 18.5 Å². The number of hydrogen-bond acceptors (Lipinski definition) is 6. The highest BCUT2D eigenvalue weighted by molar-refractivity contribution is 5.38. The van der Waals surface area contributed by atoms with E-state index >= 15 is 0 Å². The van der Waals surface area contributed by atoms with Crippen molar-refractivity contribution in [2.24, 2.45) is 5.92 Å². The molecular formula is C17H25N7. The summed E-state index contributed by atoms with van der Waals surface area (Å²) in [6.07, 6.45) is 5.91. The van der Waals surface area contributed by atoms with Crippen molar-refractivity contribution in [2.75, 3.05) is 36.4 Å². The number of aryl methyl sites for hydroxylation is 1. The monoisotopic (exact) mass is 327 g/mol. The van der Waals surface area contributed by atoms with E-state index < -0.39 is 0 Å². The lowest BCUT2D eigenvalue weighted by Gasteiger charge is -2.34. The molecule has 0 bridgehead atoms. The maximum Gasteiger partial charge on any atom is 0.225 e. The first-order valence-corrected chi connectivity index (χ1v) is 8.81. The zero-order valence-electron chi connectivity index (χ0n) is 14.1. The summed E-state index contributed by atoms with van der Waals surface area (Å²) in [6.45, 7) is 7.15. The molecule has 0 aromatic carbocycles. The van der Waals surface area contributed by atoms with Crippen molar-refractivity contribution >= 4 is 11.8 Å². The van der Waals surface area contributed by atoms with Gasteiger partial charge in [0.2, 0.25) is 5.95 Å². The third-order valence-corrected chi connectivity index (χ3v) is 4.93. The van der Waals surface area contributed by atoms with Crippen molar-refractivity contribution in [3.63, 3.8) is 0 Å². The maximum absolute atomic E-state index is 4.55. The lowest BCUT2D eigenvalue weighted by molar-refractivity contribution is 0.341. The molecule has 0 aliphatic carbocycles. The first-order chi connectivity index (χ1) is 11.8. The molecule has 2 aromatic rings. The van der Waals surface area contributed by atoms with Crippen LogP contribution >= 0.6 is 0 Å². The Morgan fingerprint density at radius 2 is 2.04 bits per heavy atom. The molecular weight excluding hydrogens is 302 g/mol. The van der Waals surface area contributed by atoms with E-state index in [9.17, 15) is 0 Å².